The zero-order valence-corrected chi connectivity index (χ0v) is 10.3. The Morgan fingerprint density at radius 2 is 1.89 bits per heavy atom. The van der Waals surface area contributed by atoms with Crippen molar-refractivity contribution in [3.05, 3.63) is 29.8 Å². The smallest absolute Gasteiger partial charge is 0.450 e. The first-order valence-corrected chi connectivity index (χ1v) is 5.66. The molecule has 0 heterocycles. The van der Waals surface area contributed by atoms with E-state index in [1.54, 1.807) is 6.92 Å². The lowest BCUT2D eigenvalue weighted by atomic mass is 10.1. The standard InChI is InChI=1S/C12H14F3NO3/c1-2-18-11(17)16-8-7-9-3-5-10(6-4-9)19-12(13,14)15/h3-6H,2,7-8H2,1H3,(H,16,17). The summed E-state index contributed by atoms with van der Waals surface area (Å²) in [6.07, 6.45) is -4.71. The molecular weight excluding hydrogens is 263 g/mol. The van der Waals surface area contributed by atoms with E-state index in [1.807, 2.05) is 0 Å². The van der Waals surface area contributed by atoms with Gasteiger partial charge in [-0.25, -0.2) is 4.79 Å². The van der Waals surface area contributed by atoms with Crippen molar-refractivity contribution < 1.29 is 27.4 Å². The summed E-state index contributed by atoms with van der Waals surface area (Å²) in [5.74, 6) is -0.269. The highest BCUT2D eigenvalue weighted by Crippen LogP contribution is 2.22. The lowest BCUT2D eigenvalue weighted by molar-refractivity contribution is -0.274. The summed E-state index contributed by atoms with van der Waals surface area (Å²) in [6.45, 7) is 2.33. The minimum Gasteiger partial charge on any atom is -0.450 e. The molecule has 1 N–H and O–H groups in total. The number of alkyl halides is 3. The van der Waals surface area contributed by atoms with E-state index in [4.69, 9.17) is 0 Å². The molecule has 0 atom stereocenters. The van der Waals surface area contributed by atoms with Crippen LogP contribution in [0.25, 0.3) is 0 Å². The van der Waals surface area contributed by atoms with Gasteiger partial charge in [0.1, 0.15) is 5.75 Å². The number of hydrogen-bond donors (Lipinski definition) is 1. The van der Waals surface area contributed by atoms with Gasteiger partial charge in [-0.1, -0.05) is 12.1 Å². The maximum atomic E-state index is 11.9. The van der Waals surface area contributed by atoms with Crippen LogP contribution >= 0.6 is 0 Å². The number of rotatable bonds is 5. The van der Waals surface area contributed by atoms with Gasteiger partial charge in [0.25, 0.3) is 0 Å². The Morgan fingerprint density at radius 1 is 1.26 bits per heavy atom. The van der Waals surface area contributed by atoms with Gasteiger partial charge >= 0.3 is 12.5 Å². The van der Waals surface area contributed by atoms with Gasteiger partial charge in [-0.3, -0.25) is 0 Å². The minimum absolute atomic E-state index is 0.269. The predicted molar refractivity (Wildman–Crippen MR) is 61.9 cm³/mol. The number of nitrogens with one attached hydrogen (secondary N) is 1. The number of benzene rings is 1. The molecule has 0 aliphatic carbocycles. The van der Waals surface area contributed by atoms with Crippen LogP contribution in [0, 0.1) is 0 Å². The highest BCUT2D eigenvalue weighted by Gasteiger charge is 2.30. The first kappa shape index (κ1) is 15.1. The fraction of sp³-hybridized carbons (Fsp3) is 0.417. The monoisotopic (exact) mass is 277 g/mol. The number of alkyl carbamates (subject to hydrolysis) is 1. The molecule has 1 aromatic carbocycles. The van der Waals surface area contributed by atoms with Gasteiger partial charge in [-0.2, -0.15) is 0 Å². The van der Waals surface area contributed by atoms with Crippen molar-refractivity contribution in [1.82, 2.24) is 5.32 Å². The number of amides is 1. The van der Waals surface area contributed by atoms with E-state index in [2.05, 4.69) is 14.8 Å². The molecule has 0 spiro atoms. The summed E-state index contributed by atoms with van der Waals surface area (Å²) in [4.78, 5) is 11.0. The topological polar surface area (TPSA) is 47.6 Å². The molecule has 0 aliphatic heterocycles. The van der Waals surface area contributed by atoms with Crippen LogP contribution in [0.5, 0.6) is 5.75 Å². The van der Waals surface area contributed by atoms with Crippen molar-refractivity contribution in [3.8, 4) is 5.75 Å². The molecule has 0 radical (unpaired) electrons. The van der Waals surface area contributed by atoms with Gasteiger partial charge in [-0.15, -0.1) is 13.2 Å². The van der Waals surface area contributed by atoms with Crippen molar-refractivity contribution in [2.45, 2.75) is 19.7 Å². The second-order valence-corrected chi connectivity index (χ2v) is 3.59. The van der Waals surface area contributed by atoms with Crippen molar-refractivity contribution in [1.29, 1.82) is 0 Å². The Balaban J connectivity index is 2.38. The quantitative estimate of drug-likeness (QED) is 0.900. The van der Waals surface area contributed by atoms with Crippen LogP contribution in [0.4, 0.5) is 18.0 Å². The molecule has 106 valence electrons. The van der Waals surface area contributed by atoms with Crippen LogP contribution in [0.1, 0.15) is 12.5 Å². The van der Waals surface area contributed by atoms with E-state index in [9.17, 15) is 18.0 Å². The Morgan fingerprint density at radius 3 is 2.42 bits per heavy atom. The second-order valence-electron chi connectivity index (χ2n) is 3.59. The lowest BCUT2D eigenvalue weighted by Gasteiger charge is -2.09. The summed E-state index contributed by atoms with van der Waals surface area (Å²) in [5.41, 5.74) is 0.784. The van der Waals surface area contributed by atoms with Crippen molar-refractivity contribution >= 4 is 6.09 Å². The molecule has 0 unspecified atom stereocenters. The molecule has 1 amide bonds. The largest absolute Gasteiger partial charge is 0.573 e. The van der Waals surface area contributed by atoms with E-state index in [-0.39, 0.29) is 12.4 Å². The van der Waals surface area contributed by atoms with Gasteiger partial charge in [-0.05, 0) is 31.0 Å². The highest BCUT2D eigenvalue weighted by molar-refractivity contribution is 5.67. The number of hydrogen-bond acceptors (Lipinski definition) is 3. The molecule has 0 aliphatic rings. The lowest BCUT2D eigenvalue weighted by Crippen LogP contribution is -2.26. The number of halogens is 3. The third kappa shape index (κ3) is 6.54. The van der Waals surface area contributed by atoms with Crippen molar-refractivity contribution in [2.24, 2.45) is 0 Å². The Labute approximate surface area is 108 Å². The van der Waals surface area contributed by atoms with Gasteiger partial charge in [0.2, 0.25) is 0 Å². The maximum absolute atomic E-state index is 11.9. The maximum Gasteiger partial charge on any atom is 0.573 e. The van der Waals surface area contributed by atoms with Crippen LogP contribution in [-0.2, 0) is 11.2 Å². The first-order valence-electron chi connectivity index (χ1n) is 5.66. The predicted octanol–water partition coefficient (Wildman–Crippen LogP) is 2.87. The van der Waals surface area contributed by atoms with Gasteiger partial charge in [0.05, 0.1) is 6.61 Å². The Kier molecular flexibility index (Phi) is 5.47. The van der Waals surface area contributed by atoms with E-state index in [0.717, 1.165) is 5.56 Å². The van der Waals surface area contributed by atoms with Crippen LogP contribution in [0.15, 0.2) is 24.3 Å². The number of carbonyl (C=O) groups is 1. The molecular formula is C12H14F3NO3. The number of carbonyl (C=O) groups excluding carboxylic acids is 1. The fourth-order valence-corrected chi connectivity index (χ4v) is 1.35. The van der Waals surface area contributed by atoms with Crippen LogP contribution < -0.4 is 10.1 Å². The molecule has 1 rings (SSSR count). The van der Waals surface area contributed by atoms with E-state index >= 15 is 0 Å². The first-order chi connectivity index (χ1) is 8.90. The third-order valence-electron chi connectivity index (χ3n) is 2.12. The number of ether oxygens (including phenoxy) is 2. The van der Waals surface area contributed by atoms with Gasteiger partial charge < -0.3 is 14.8 Å². The van der Waals surface area contributed by atoms with Crippen molar-refractivity contribution in [3.63, 3.8) is 0 Å². The van der Waals surface area contributed by atoms with Crippen LogP contribution in [0.3, 0.4) is 0 Å². The molecule has 0 saturated carbocycles. The third-order valence-corrected chi connectivity index (χ3v) is 2.12. The van der Waals surface area contributed by atoms with E-state index in [1.165, 1.54) is 24.3 Å². The average molecular weight is 277 g/mol. The molecule has 0 saturated heterocycles. The molecule has 19 heavy (non-hydrogen) atoms. The van der Waals surface area contributed by atoms with E-state index < -0.39 is 12.5 Å². The summed E-state index contributed by atoms with van der Waals surface area (Å²) in [7, 11) is 0. The SMILES string of the molecule is CCOC(=O)NCCc1ccc(OC(F)(F)F)cc1. The average Bonchev–Trinajstić information content (AvgIpc) is 2.30. The van der Waals surface area contributed by atoms with E-state index in [0.29, 0.717) is 13.0 Å². The molecule has 0 aromatic heterocycles. The Bertz CT molecular complexity index is 404. The summed E-state index contributed by atoms with van der Waals surface area (Å²) < 4.78 is 44.2. The highest BCUT2D eigenvalue weighted by atomic mass is 19.4. The summed E-state index contributed by atoms with van der Waals surface area (Å²) >= 11 is 0. The van der Waals surface area contributed by atoms with Gasteiger partial charge in [0, 0.05) is 6.54 Å². The molecule has 7 heteroatoms. The zero-order chi connectivity index (χ0) is 14.3. The molecule has 0 fully saturated rings. The van der Waals surface area contributed by atoms with Crippen molar-refractivity contribution in [2.75, 3.05) is 13.2 Å². The fourth-order valence-electron chi connectivity index (χ4n) is 1.35. The zero-order valence-electron chi connectivity index (χ0n) is 10.3. The van der Waals surface area contributed by atoms with Crippen LogP contribution in [-0.4, -0.2) is 25.6 Å². The summed E-state index contributed by atoms with van der Waals surface area (Å²) in [5, 5.41) is 2.51. The van der Waals surface area contributed by atoms with Crippen LogP contribution in [0.2, 0.25) is 0 Å². The Hall–Kier alpha value is -1.92. The molecule has 0 bridgehead atoms. The normalized spacial score (nSPS) is 10.9. The van der Waals surface area contributed by atoms with Gasteiger partial charge in [0.15, 0.2) is 0 Å². The summed E-state index contributed by atoms with van der Waals surface area (Å²) in [6, 6.07) is 5.47. The second kappa shape index (κ2) is 6.86. The molecule has 1 aromatic rings. The minimum atomic E-state index is -4.69. The molecule has 4 nitrogen and oxygen atoms in total.